The minimum Gasteiger partial charge on any atom is -0.744 e. The molecule has 5 aromatic rings. The molecule has 0 atom stereocenters. The maximum absolute atomic E-state index is 13.1. The Morgan fingerprint density at radius 3 is 2.37 bits per heavy atom. The van der Waals surface area contributed by atoms with Crippen LogP contribution < -0.4 is 10.3 Å². The van der Waals surface area contributed by atoms with E-state index >= 15 is 0 Å². The molecule has 1 aliphatic carbocycles. The van der Waals surface area contributed by atoms with Crippen LogP contribution in [0, 0.1) is 6.92 Å². The number of nitrogens with zero attached hydrogens (tertiary/aromatic N) is 2. The van der Waals surface area contributed by atoms with Crippen LogP contribution in [0.15, 0.2) is 96.0 Å². The number of rotatable bonds is 5. The molecule has 1 saturated carbocycles. The van der Waals surface area contributed by atoms with Crippen LogP contribution in [-0.4, -0.2) is 22.9 Å². The van der Waals surface area contributed by atoms with E-state index < -0.39 is 21.9 Å². The van der Waals surface area contributed by atoms with E-state index in [1.165, 1.54) is 30.3 Å². The number of H-pyrrole nitrogens is 1. The highest BCUT2D eigenvalue weighted by molar-refractivity contribution is 7.85. The Balaban J connectivity index is 0.000000287. The summed E-state index contributed by atoms with van der Waals surface area (Å²) < 4.78 is 70.2. The minimum absolute atomic E-state index is 0.185. The molecule has 1 aliphatic rings. The van der Waals surface area contributed by atoms with Crippen molar-refractivity contribution in [1.29, 1.82) is 0 Å². The summed E-state index contributed by atoms with van der Waals surface area (Å²) in [6.07, 6.45) is -0.541. The van der Waals surface area contributed by atoms with Gasteiger partial charge in [0.1, 0.15) is 10.1 Å². The number of pyridine rings is 1. The van der Waals surface area contributed by atoms with E-state index in [4.69, 9.17) is 4.98 Å². The van der Waals surface area contributed by atoms with E-state index in [1.807, 2.05) is 37.3 Å². The number of fused-ring (bicyclic) bond motifs is 1. The standard InChI is InChI=1S/C24H19F3N4.C6H6O3S/c1-14-21(17-10-7-15-4-3-11-28-20(15)12-17)30-23(16-8-9-16)31-22(14)29-19-6-2-5-18(13-19)24(25,26)27;7-10(8,9)6-4-2-1-3-5-6/h2-7,10-13,16H,8-9H2,1H3,(H,29,30,31);1-5H,(H,7,8,9). The smallest absolute Gasteiger partial charge is 0.416 e. The van der Waals surface area contributed by atoms with Crippen molar-refractivity contribution in [3.8, 4) is 11.3 Å². The van der Waals surface area contributed by atoms with E-state index in [-0.39, 0.29) is 4.90 Å². The molecule has 3 aromatic carbocycles. The summed E-state index contributed by atoms with van der Waals surface area (Å²) >= 11 is 0. The largest absolute Gasteiger partial charge is 0.744 e. The van der Waals surface area contributed by atoms with Gasteiger partial charge in [0.25, 0.3) is 0 Å². The third kappa shape index (κ3) is 6.87. The molecule has 0 aliphatic heterocycles. The van der Waals surface area contributed by atoms with Crippen LogP contribution in [0.4, 0.5) is 24.7 Å². The van der Waals surface area contributed by atoms with Crippen molar-refractivity contribution < 1.29 is 31.1 Å². The Kier molecular flexibility index (Phi) is 7.74. The Morgan fingerprint density at radius 2 is 1.71 bits per heavy atom. The van der Waals surface area contributed by atoms with Crippen molar-refractivity contribution >= 4 is 32.5 Å². The summed E-state index contributed by atoms with van der Waals surface area (Å²) in [4.78, 5) is 12.4. The molecule has 0 unspecified atom stereocenters. The zero-order valence-electron chi connectivity index (χ0n) is 21.8. The number of anilines is 2. The summed E-state index contributed by atoms with van der Waals surface area (Å²) in [5, 5.41) is 4.18. The Morgan fingerprint density at radius 1 is 0.951 bits per heavy atom. The molecular formula is C30H25F3N4O3S. The average molecular weight is 579 g/mol. The van der Waals surface area contributed by atoms with E-state index in [0.717, 1.165) is 58.5 Å². The Hall–Kier alpha value is -4.35. The van der Waals surface area contributed by atoms with Crippen molar-refractivity contribution in [2.45, 2.75) is 36.8 Å². The molecule has 2 heterocycles. The van der Waals surface area contributed by atoms with Gasteiger partial charge in [-0.05, 0) is 62.2 Å². The summed E-state index contributed by atoms with van der Waals surface area (Å²) in [7, 11) is -4.25. The quantitative estimate of drug-likeness (QED) is 0.234. The predicted octanol–water partition coefficient (Wildman–Crippen LogP) is 6.65. The number of alkyl halides is 3. The predicted molar refractivity (Wildman–Crippen MR) is 147 cm³/mol. The van der Waals surface area contributed by atoms with Gasteiger partial charge in [0.15, 0.2) is 5.69 Å². The lowest BCUT2D eigenvalue weighted by atomic mass is 10.0. The number of hydrogen-bond acceptors (Lipinski definition) is 6. The van der Waals surface area contributed by atoms with Crippen molar-refractivity contribution in [2.75, 3.05) is 5.32 Å². The number of aromatic amines is 1. The highest BCUT2D eigenvalue weighted by Crippen LogP contribution is 2.39. The van der Waals surface area contributed by atoms with Gasteiger partial charge in [-0.15, -0.1) is 4.98 Å². The van der Waals surface area contributed by atoms with Crippen LogP contribution in [0.3, 0.4) is 0 Å². The second-order valence-corrected chi connectivity index (χ2v) is 11.0. The molecule has 2 aromatic heterocycles. The second kappa shape index (κ2) is 11.3. The zero-order chi connectivity index (χ0) is 29.2. The maximum Gasteiger partial charge on any atom is 0.416 e. The first-order valence-corrected chi connectivity index (χ1v) is 14.1. The summed E-state index contributed by atoms with van der Waals surface area (Å²) in [5.41, 5.74) is 3.10. The lowest BCUT2D eigenvalue weighted by molar-refractivity contribution is -0.379. The highest BCUT2D eigenvalue weighted by atomic mass is 32.2. The molecule has 0 bridgehead atoms. The van der Waals surface area contributed by atoms with Gasteiger partial charge in [0, 0.05) is 23.1 Å². The van der Waals surface area contributed by atoms with Crippen LogP contribution >= 0.6 is 0 Å². The number of benzene rings is 3. The first kappa shape index (κ1) is 28.2. The van der Waals surface area contributed by atoms with Crippen LogP contribution in [0.25, 0.3) is 22.2 Å². The van der Waals surface area contributed by atoms with Crippen LogP contribution in [0.5, 0.6) is 0 Å². The normalized spacial score (nSPS) is 13.4. The molecule has 6 rings (SSSR count). The van der Waals surface area contributed by atoms with Crippen molar-refractivity contribution in [3.63, 3.8) is 0 Å². The lowest BCUT2D eigenvalue weighted by Gasteiger charge is -2.11. The van der Waals surface area contributed by atoms with Gasteiger partial charge >= 0.3 is 6.18 Å². The fourth-order valence-electron chi connectivity index (χ4n) is 4.25. The van der Waals surface area contributed by atoms with Gasteiger partial charge in [-0.2, -0.15) is 13.2 Å². The molecule has 7 nitrogen and oxygen atoms in total. The molecule has 41 heavy (non-hydrogen) atoms. The third-order valence-corrected chi connectivity index (χ3v) is 7.40. The van der Waals surface area contributed by atoms with Gasteiger partial charge in [0.2, 0.25) is 11.6 Å². The molecule has 0 amide bonds. The number of aromatic nitrogens is 3. The van der Waals surface area contributed by atoms with Crippen molar-refractivity contribution in [2.24, 2.45) is 0 Å². The van der Waals surface area contributed by atoms with E-state index in [1.54, 1.807) is 18.3 Å². The summed E-state index contributed by atoms with van der Waals surface area (Å²) in [6, 6.07) is 22.3. The van der Waals surface area contributed by atoms with Gasteiger partial charge in [-0.1, -0.05) is 42.5 Å². The SMILES string of the molecule is Cc1c(-c2ccc3cccnc3c2)nc(C2CC2)[nH+]c1Nc1cccc(C(F)(F)F)c1.O=S(=O)([O-])c1ccccc1. The molecule has 0 spiro atoms. The molecule has 210 valence electrons. The van der Waals surface area contributed by atoms with Gasteiger partial charge < -0.3 is 4.55 Å². The van der Waals surface area contributed by atoms with Gasteiger partial charge in [-0.3, -0.25) is 10.3 Å². The lowest BCUT2D eigenvalue weighted by Crippen LogP contribution is -2.20. The number of hydrogen-bond donors (Lipinski definition) is 1. The minimum atomic E-state index is -4.39. The fraction of sp³-hybridized carbons (Fsp3) is 0.167. The molecular weight excluding hydrogens is 553 g/mol. The Bertz CT molecular complexity index is 1810. The van der Waals surface area contributed by atoms with Crippen LogP contribution in [0.2, 0.25) is 0 Å². The molecule has 11 heteroatoms. The van der Waals surface area contributed by atoms with Crippen LogP contribution in [0.1, 0.15) is 35.7 Å². The fourth-order valence-corrected chi connectivity index (χ4v) is 4.74. The second-order valence-electron chi connectivity index (χ2n) is 9.63. The first-order chi connectivity index (χ1) is 19.5. The van der Waals surface area contributed by atoms with E-state index in [0.29, 0.717) is 17.4 Å². The monoisotopic (exact) mass is 578 g/mol. The average Bonchev–Trinajstić information content (AvgIpc) is 3.80. The third-order valence-electron chi connectivity index (χ3n) is 6.55. The van der Waals surface area contributed by atoms with Crippen LogP contribution in [-0.2, 0) is 16.3 Å². The Labute approximate surface area is 234 Å². The first-order valence-electron chi connectivity index (χ1n) is 12.7. The van der Waals surface area contributed by atoms with Crippen molar-refractivity contribution in [1.82, 2.24) is 9.97 Å². The van der Waals surface area contributed by atoms with E-state index in [9.17, 15) is 26.1 Å². The van der Waals surface area contributed by atoms with Gasteiger partial charge in [0.05, 0.1) is 27.2 Å². The molecule has 2 N–H and O–H groups in total. The summed E-state index contributed by atoms with van der Waals surface area (Å²) in [5.74, 6) is 1.84. The topological polar surface area (TPSA) is 109 Å². The van der Waals surface area contributed by atoms with Crippen molar-refractivity contribution in [3.05, 3.63) is 108 Å². The molecule has 0 saturated heterocycles. The maximum atomic E-state index is 13.1. The summed E-state index contributed by atoms with van der Waals surface area (Å²) in [6.45, 7) is 1.91. The molecule has 0 radical (unpaired) electrons. The number of halogens is 3. The number of nitrogens with one attached hydrogen (secondary N) is 2. The van der Waals surface area contributed by atoms with Gasteiger partial charge in [-0.25, -0.2) is 13.4 Å². The molecule has 1 fully saturated rings. The highest BCUT2D eigenvalue weighted by Gasteiger charge is 2.33. The zero-order valence-corrected chi connectivity index (χ0v) is 22.6. The van der Waals surface area contributed by atoms with E-state index in [2.05, 4.69) is 15.3 Å².